The van der Waals surface area contributed by atoms with Crippen molar-refractivity contribution >= 4 is 29.3 Å². The number of methoxy groups -OCH3 is 1. The second-order valence-corrected chi connectivity index (χ2v) is 6.86. The highest BCUT2D eigenvalue weighted by Crippen LogP contribution is 2.22. The highest BCUT2D eigenvalue weighted by Gasteiger charge is 2.16. The normalized spacial score (nSPS) is 10.5. The highest BCUT2D eigenvalue weighted by atomic mass is 32.2. The summed E-state index contributed by atoms with van der Waals surface area (Å²) in [7, 11) is 1.29. The predicted molar refractivity (Wildman–Crippen MR) is 107 cm³/mol. The van der Waals surface area contributed by atoms with Crippen LogP contribution in [0.3, 0.4) is 0 Å². The summed E-state index contributed by atoms with van der Waals surface area (Å²) >= 11 is 1.15. The van der Waals surface area contributed by atoms with Crippen LogP contribution in [0.1, 0.15) is 15.9 Å². The second kappa shape index (κ2) is 8.57. The van der Waals surface area contributed by atoms with Gasteiger partial charge in [-0.05, 0) is 19.1 Å². The third kappa shape index (κ3) is 4.32. The number of aromatic nitrogens is 3. The number of nitrogen functional groups attached to an aromatic ring is 1. The Balaban J connectivity index is 1.66. The molecule has 0 spiro atoms. The van der Waals surface area contributed by atoms with Gasteiger partial charge in [0.25, 0.3) is 0 Å². The van der Waals surface area contributed by atoms with E-state index in [1.807, 2.05) is 31.2 Å². The fourth-order valence-corrected chi connectivity index (χ4v) is 3.13. The molecule has 0 atom stereocenters. The van der Waals surface area contributed by atoms with Crippen molar-refractivity contribution in [1.29, 1.82) is 0 Å². The molecule has 1 aromatic heterocycles. The standard InChI is InChI=1S/C19H19N5O3S/c1-12-7-9-13(10-8-12)17-22-23-19(24(17)20)28-11-16(25)21-15-6-4-3-5-14(15)18(26)27-2/h3-10H,11,20H2,1-2H3,(H,21,25). The van der Waals surface area contributed by atoms with Crippen LogP contribution >= 0.6 is 11.8 Å². The van der Waals surface area contributed by atoms with Crippen LogP contribution in [0, 0.1) is 6.92 Å². The summed E-state index contributed by atoms with van der Waals surface area (Å²) in [6, 6.07) is 14.4. The molecule has 3 rings (SSSR count). The number of carbonyl (C=O) groups is 2. The Morgan fingerprint density at radius 1 is 1.14 bits per heavy atom. The lowest BCUT2D eigenvalue weighted by molar-refractivity contribution is -0.113. The van der Waals surface area contributed by atoms with Crippen molar-refractivity contribution in [2.75, 3.05) is 24.0 Å². The van der Waals surface area contributed by atoms with E-state index < -0.39 is 5.97 Å². The van der Waals surface area contributed by atoms with Crippen molar-refractivity contribution in [2.24, 2.45) is 0 Å². The first kappa shape index (κ1) is 19.4. The Morgan fingerprint density at radius 3 is 2.57 bits per heavy atom. The Kier molecular flexibility index (Phi) is 5.95. The lowest BCUT2D eigenvalue weighted by Gasteiger charge is -2.09. The molecule has 0 radical (unpaired) electrons. The Labute approximate surface area is 166 Å². The van der Waals surface area contributed by atoms with Crippen LogP contribution in [0.5, 0.6) is 0 Å². The van der Waals surface area contributed by atoms with Gasteiger partial charge in [-0.1, -0.05) is 53.7 Å². The number of hydrogen-bond acceptors (Lipinski definition) is 7. The Bertz CT molecular complexity index is 1000. The molecule has 3 N–H and O–H groups in total. The number of nitrogens with two attached hydrogens (primary N) is 1. The van der Waals surface area contributed by atoms with Gasteiger partial charge in [0.2, 0.25) is 11.1 Å². The minimum atomic E-state index is -0.520. The zero-order valence-electron chi connectivity index (χ0n) is 15.4. The maximum absolute atomic E-state index is 12.3. The monoisotopic (exact) mass is 397 g/mol. The zero-order valence-corrected chi connectivity index (χ0v) is 16.2. The first-order chi connectivity index (χ1) is 13.5. The molecule has 2 aromatic carbocycles. The summed E-state index contributed by atoms with van der Waals surface area (Å²) in [5.41, 5.74) is 2.63. The molecule has 144 valence electrons. The van der Waals surface area contributed by atoms with Crippen molar-refractivity contribution in [1.82, 2.24) is 14.9 Å². The van der Waals surface area contributed by atoms with Gasteiger partial charge >= 0.3 is 5.97 Å². The third-order valence-corrected chi connectivity index (χ3v) is 4.86. The van der Waals surface area contributed by atoms with Crippen molar-refractivity contribution in [2.45, 2.75) is 12.1 Å². The van der Waals surface area contributed by atoms with E-state index in [0.29, 0.717) is 16.7 Å². The second-order valence-electron chi connectivity index (χ2n) is 5.92. The summed E-state index contributed by atoms with van der Waals surface area (Å²) in [6.07, 6.45) is 0. The number of ether oxygens (including phenoxy) is 1. The molecule has 28 heavy (non-hydrogen) atoms. The number of hydrogen-bond donors (Lipinski definition) is 2. The molecule has 0 aliphatic carbocycles. The third-order valence-electron chi connectivity index (χ3n) is 3.91. The summed E-state index contributed by atoms with van der Waals surface area (Å²) in [5.74, 6) is 5.81. The molecule has 3 aromatic rings. The number of nitrogens with one attached hydrogen (secondary N) is 1. The molecular formula is C19H19N5O3S. The summed E-state index contributed by atoms with van der Waals surface area (Å²) in [6.45, 7) is 2.00. The van der Waals surface area contributed by atoms with Gasteiger partial charge in [0, 0.05) is 5.56 Å². The van der Waals surface area contributed by atoms with E-state index in [1.54, 1.807) is 24.3 Å². The Hall–Kier alpha value is -3.33. The molecular weight excluding hydrogens is 378 g/mol. The summed E-state index contributed by atoms with van der Waals surface area (Å²) < 4.78 is 6.07. The van der Waals surface area contributed by atoms with E-state index in [0.717, 1.165) is 22.9 Å². The fourth-order valence-electron chi connectivity index (χ4n) is 2.47. The van der Waals surface area contributed by atoms with E-state index in [4.69, 9.17) is 10.6 Å². The number of benzene rings is 2. The number of thioether (sulfide) groups is 1. The van der Waals surface area contributed by atoms with Gasteiger partial charge in [-0.3, -0.25) is 4.79 Å². The molecule has 9 heteroatoms. The molecule has 0 aliphatic heterocycles. The minimum absolute atomic E-state index is 0.0543. The summed E-state index contributed by atoms with van der Waals surface area (Å²) in [5, 5.41) is 11.3. The van der Waals surface area contributed by atoms with E-state index in [-0.39, 0.29) is 17.2 Å². The van der Waals surface area contributed by atoms with Crippen molar-refractivity contribution in [3.8, 4) is 11.4 Å². The predicted octanol–water partition coefficient (Wildman–Crippen LogP) is 2.48. The molecule has 8 nitrogen and oxygen atoms in total. The van der Waals surface area contributed by atoms with Crippen molar-refractivity contribution in [3.63, 3.8) is 0 Å². The van der Waals surface area contributed by atoms with Crippen molar-refractivity contribution in [3.05, 3.63) is 59.7 Å². The van der Waals surface area contributed by atoms with Gasteiger partial charge in [0.15, 0.2) is 5.82 Å². The zero-order chi connectivity index (χ0) is 20.1. The molecule has 1 heterocycles. The maximum atomic E-state index is 12.3. The quantitative estimate of drug-likeness (QED) is 0.373. The molecule has 0 saturated heterocycles. The number of rotatable bonds is 6. The SMILES string of the molecule is COC(=O)c1ccccc1NC(=O)CSc1nnc(-c2ccc(C)cc2)n1N. The first-order valence-corrected chi connectivity index (χ1v) is 9.35. The number of nitrogens with zero attached hydrogens (tertiary/aromatic N) is 3. The molecule has 0 aliphatic rings. The number of carbonyl (C=O) groups excluding carboxylic acids is 2. The van der Waals surface area contributed by atoms with Crippen LogP contribution in [0.2, 0.25) is 0 Å². The van der Waals surface area contributed by atoms with Gasteiger partial charge in [-0.2, -0.15) is 0 Å². The average molecular weight is 397 g/mol. The fraction of sp³-hybridized carbons (Fsp3) is 0.158. The number of amides is 1. The van der Waals surface area contributed by atoms with Crippen LogP contribution in [0.15, 0.2) is 53.7 Å². The largest absolute Gasteiger partial charge is 0.465 e. The molecule has 1 amide bonds. The lowest BCUT2D eigenvalue weighted by atomic mass is 10.1. The number of para-hydroxylation sites is 1. The van der Waals surface area contributed by atoms with Gasteiger partial charge in [-0.25, -0.2) is 9.47 Å². The van der Waals surface area contributed by atoms with Crippen LogP contribution in [-0.2, 0) is 9.53 Å². The smallest absolute Gasteiger partial charge is 0.339 e. The Morgan fingerprint density at radius 2 is 1.86 bits per heavy atom. The summed E-state index contributed by atoms with van der Waals surface area (Å²) in [4.78, 5) is 24.1. The highest BCUT2D eigenvalue weighted by molar-refractivity contribution is 7.99. The maximum Gasteiger partial charge on any atom is 0.339 e. The number of aryl methyl sites for hydroxylation is 1. The van der Waals surface area contributed by atoms with Gasteiger partial charge in [-0.15, -0.1) is 10.2 Å². The van der Waals surface area contributed by atoms with E-state index in [9.17, 15) is 9.59 Å². The first-order valence-electron chi connectivity index (χ1n) is 8.37. The van der Waals surface area contributed by atoms with Crippen LogP contribution < -0.4 is 11.2 Å². The molecule has 0 fully saturated rings. The van der Waals surface area contributed by atoms with E-state index in [2.05, 4.69) is 15.5 Å². The van der Waals surface area contributed by atoms with Crippen LogP contribution in [-0.4, -0.2) is 39.6 Å². The van der Waals surface area contributed by atoms with Crippen LogP contribution in [0.4, 0.5) is 5.69 Å². The lowest BCUT2D eigenvalue weighted by Crippen LogP contribution is -2.18. The topological polar surface area (TPSA) is 112 Å². The van der Waals surface area contributed by atoms with Crippen molar-refractivity contribution < 1.29 is 14.3 Å². The molecule has 0 bridgehead atoms. The molecule has 0 saturated carbocycles. The number of anilines is 1. The van der Waals surface area contributed by atoms with Gasteiger partial charge in [0.1, 0.15) is 0 Å². The number of esters is 1. The van der Waals surface area contributed by atoms with Gasteiger partial charge < -0.3 is 15.9 Å². The van der Waals surface area contributed by atoms with Gasteiger partial charge in [0.05, 0.1) is 24.1 Å². The molecule has 0 unspecified atom stereocenters. The van der Waals surface area contributed by atoms with Crippen LogP contribution in [0.25, 0.3) is 11.4 Å². The average Bonchev–Trinajstić information content (AvgIpc) is 3.07. The van der Waals surface area contributed by atoms with E-state index >= 15 is 0 Å². The minimum Gasteiger partial charge on any atom is -0.465 e. The van der Waals surface area contributed by atoms with E-state index in [1.165, 1.54) is 11.8 Å².